The van der Waals surface area contributed by atoms with Crippen molar-refractivity contribution < 1.29 is 9.90 Å². The van der Waals surface area contributed by atoms with E-state index in [0.717, 1.165) is 11.3 Å². The van der Waals surface area contributed by atoms with Crippen LogP contribution in [0.3, 0.4) is 0 Å². The Balaban J connectivity index is 1.92. The topological polar surface area (TPSA) is 92.1 Å². The number of carbonyl (C=O) groups is 1. The smallest absolute Gasteiger partial charge is 0.315 e. The molecule has 1 aromatic carbocycles. The third kappa shape index (κ3) is 4.53. The highest BCUT2D eigenvalue weighted by Gasteiger charge is 2.15. The second-order valence-electron chi connectivity index (χ2n) is 5.72. The molecule has 0 aliphatic rings. The summed E-state index contributed by atoms with van der Waals surface area (Å²) in [5.74, 6) is 0.0121. The summed E-state index contributed by atoms with van der Waals surface area (Å²) in [6, 6.07) is 7.28. The zero-order valence-electron chi connectivity index (χ0n) is 13.6. The first-order valence-corrected chi connectivity index (χ1v) is 7.64. The predicted octanol–water partition coefficient (Wildman–Crippen LogP) is 1.64. The number of hydrogen-bond acceptors (Lipinski definition) is 4. The fraction of sp³-hybridized carbons (Fsp3) is 0.438. The third-order valence-corrected chi connectivity index (χ3v) is 3.92. The normalized spacial score (nSPS) is 14.8. The highest BCUT2D eigenvalue weighted by Crippen LogP contribution is 2.15. The number of hydrogen-bond donors (Lipinski definition) is 3. The molecule has 0 saturated heterocycles. The number of nitrogens with one attached hydrogen (secondary N) is 2. The molecule has 7 nitrogen and oxygen atoms in total. The molecular weight excluding hydrogens is 294 g/mol. The number of rotatable bonds is 6. The lowest BCUT2D eigenvalue weighted by molar-refractivity contribution is 0.199. The average molecular weight is 317 g/mol. The van der Waals surface area contributed by atoms with Crippen LogP contribution in [0.1, 0.15) is 32.4 Å². The van der Waals surface area contributed by atoms with E-state index in [4.69, 9.17) is 5.11 Å². The molecule has 124 valence electrons. The minimum Gasteiger partial charge on any atom is -0.396 e. The van der Waals surface area contributed by atoms with Gasteiger partial charge in [0, 0.05) is 12.6 Å². The van der Waals surface area contributed by atoms with Crippen LogP contribution < -0.4 is 10.6 Å². The van der Waals surface area contributed by atoms with Crippen molar-refractivity contribution in [1.82, 2.24) is 25.4 Å². The lowest BCUT2D eigenvalue weighted by atomic mass is 10.1. The second kappa shape index (κ2) is 7.73. The molecule has 0 radical (unpaired) electrons. The summed E-state index contributed by atoms with van der Waals surface area (Å²) in [6.07, 6.45) is 3.12. The minimum absolute atomic E-state index is 0.0121. The van der Waals surface area contributed by atoms with Gasteiger partial charge >= 0.3 is 6.03 Å². The number of nitrogens with zero attached hydrogens (tertiary/aromatic N) is 3. The lowest BCUT2D eigenvalue weighted by Crippen LogP contribution is -2.44. The van der Waals surface area contributed by atoms with Gasteiger partial charge in [-0.25, -0.2) is 14.5 Å². The maximum atomic E-state index is 12.0. The summed E-state index contributed by atoms with van der Waals surface area (Å²) in [4.78, 5) is 15.9. The molecule has 2 amide bonds. The molecule has 2 aromatic rings. The van der Waals surface area contributed by atoms with E-state index >= 15 is 0 Å². The van der Waals surface area contributed by atoms with Gasteiger partial charge < -0.3 is 15.7 Å². The van der Waals surface area contributed by atoms with E-state index in [1.54, 1.807) is 11.0 Å². The van der Waals surface area contributed by atoms with Crippen LogP contribution in [-0.4, -0.2) is 38.6 Å². The van der Waals surface area contributed by atoms with Crippen LogP contribution in [0.15, 0.2) is 36.9 Å². The molecule has 0 bridgehead atoms. The van der Waals surface area contributed by atoms with Gasteiger partial charge in [0.05, 0.1) is 11.7 Å². The summed E-state index contributed by atoms with van der Waals surface area (Å²) in [5, 5.41) is 18.9. The SMILES string of the molecule is CC(NC(=O)NC(C)C(C)CO)c1ccc(-n2cncn2)cc1. The molecule has 23 heavy (non-hydrogen) atoms. The van der Waals surface area contributed by atoms with E-state index in [1.807, 2.05) is 45.0 Å². The summed E-state index contributed by atoms with van der Waals surface area (Å²) in [5.41, 5.74) is 1.90. The maximum absolute atomic E-state index is 12.0. The number of benzene rings is 1. The first-order chi connectivity index (χ1) is 11.0. The molecule has 0 spiro atoms. The molecule has 1 heterocycles. The Morgan fingerprint density at radius 3 is 2.48 bits per heavy atom. The van der Waals surface area contributed by atoms with Crippen LogP contribution in [0.5, 0.6) is 0 Å². The molecule has 1 aromatic heterocycles. The average Bonchev–Trinajstić information content (AvgIpc) is 3.08. The number of aliphatic hydroxyl groups excluding tert-OH is 1. The number of amides is 2. The van der Waals surface area contributed by atoms with Crippen molar-refractivity contribution in [2.75, 3.05) is 6.61 Å². The van der Waals surface area contributed by atoms with Crippen molar-refractivity contribution >= 4 is 6.03 Å². The Morgan fingerprint density at radius 1 is 1.22 bits per heavy atom. The van der Waals surface area contributed by atoms with Gasteiger partial charge in [0.25, 0.3) is 0 Å². The molecule has 0 fully saturated rings. The molecular formula is C16H23N5O2. The van der Waals surface area contributed by atoms with Gasteiger partial charge in [0.2, 0.25) is 0 Å². The lowest BCUT2D eigenvalue weighted by Gasteiger charge is -2.21. The molecule has 0 aliphatic carbocycles. The monoisotopic (exact) mass is 317 g/mol. The second-order valence-corrected chi connectivity index (χ2v) is 5.72. The number of aliphatic hydroxyl groups is 1. The van der Waals surface area contributed by atoms with Crippen molar-refractivity contribution in [3.05, 3.63) is 42.5 Å². The molecule has 3 unspecified atom stereocenters. The van der Waals surface area contributed by atoms with Crippen LogP contribution in [0.2, 0.25) is 0 Å². The Labute approximate surface area is 135 Å². The Kier molecular flexibility index (Phi) is 5.70. The van der Waals surface area contributed by atoms with E-state index in [9.17, 15) is 4.79 Å². The molecule has 0 aliphatic heterocycles. The van der Waals surface area contributed by atoms with Gasteiger partial charge in [0.1, 0.15) is 12.7 Å². The van der Waals surface area contributed by atoms with Gasteiger partial charge in [-0.15, -0.1) is 0 Å². The van der Waals surface area contributed by atoms with Gasteiger partial charge in [-0.2, -0.15) is 5.10 Å². The number of aromatic nitrogens is 3. The highest BCUT2D eigenvalue weighted by atomic mass is 16.3. The fourth-order valence-electron chi connectivity index (χ4n) is 2.09. The Hall–Kier alpha value is -2.41. The van der Waals surface area contributed by atoms with Crippen LogP contribution in [0.25, 0.3) is 5.69 Å². The van der Waals surface area contributed by atoms with Crippen LogP contribution in [0, 0.1) is 5.92 Å². The first-order valence-electron chi connectivity index (χ1n) is 7.64. The zero-order valence-corrected chi connectivity index (χ0v) is 13.6. The van der Waals surface area contributed by atoms with E-state index in [1.165, 1.54) is 6.33 Å². The van der Waals surface area contributed by atoms with Gasteiger partial charge in [-0.05, 0) is 37.5 Å². The van der Waals surface area contributed by atoms with Crippen molar-refractivity contribution in [1.29, 1.82) is 0 Å². The summed E-state index contributed by atoms with van der Waals surface area (Å²) in [7, 11) is 0. The van der Waals surface area contributed by atoms with Gasteiger partial charge in [-0.1, -0.05) is 19.1 Å². The van der Waals surface area contributed by atoms with Crippen molar-refractivity contribution in [3.8, 4) is 5.69 Å². The van der Waals surface area contributed by atoms with Crippen LogP contribution in [-0.2, 0) is 0 Å². The quantitative estimate of drug-likeness (QED) is 0.755. The molecule has 3 atom stereocenters. The summed E-state index contributed by atoms with van der Waals surface area (Å²) in [6.45, 7) is 5.72. The highest BCUT2D eigenvalue weighted by molar-refractivity contribution is 5.74. The minimum atomic E-state index is -0.245. The molecule has 2 rings (SSSR count). The van der Waals surface area contributed by atoms with E-state index in [-0.39, 0.29) is 30.6 Å². The maximum Gasteiger partial charge on any atom is 0.315 e. The molecule has 7 heteroatoms. The first kappa shape index (κ1) is 17.0. The van der Waals surface area contributed by atoms with Crippen molar-refractivity contribution in [2.24, 2.45) is 5.92 Å². The van der Waals surface area contributed by atoms with Gasteiger partial charge in [0.15, 0.2) is 0 Å². The fourth-order valence-corrected chi connectivity index (χ4v) is 2.09. The van der Waals surface area contributed by atoms with Crippen LogP contribution in [0.4, 0.5) is 4.79 Å². The third-order valence-electron chi connectivity index (χ3n) is 3.92. The zero-order chi connectivity index (χ0) is 16.8. The number of urea groups is 1. The molecule has 0 saturated carbocycles. The van der Waals surface area contributed by atoms with E-state index in [2.05, 4.69) is 20.7 Å². The Morgan fingerprint density at radius 2 is 1.91 bits per heavy atom. The van der Waals surface area contributed by atoms with Crippen molar-refractivity contribution in [2.45, 2.75) is 32.9 Å². The summed E-state index contributed by atoms with van der Waals surface area (Å²) < 4.78 is 1.67. The van der Waals surface area contributed by atoms with Crippen molar-refractivity contribution in [3.63, 3.8) is 0 Å². The van der Waals surface area contributed by atoms with Gasteiger partial charge in [-0.3, -0.25) is 0 Å². The largest absolute Gasteiger partial charge is 0.396 e. The van der Waals surface area contributed by atoms with Crippen LogP contribution >= 0.6 is 0 Å². The summed E-state index contributed by atoms with van der Waals surface area (Å²) >= 11 is 0. The Bertz CT molecular complexity index is 612. The number of carbonyl (C=O) groups excluding carboxylic acids is 1. The predicted molar refractivity (Wildman–Crippen MR) is 87.2 cm³/mol. The standard InChI is InChI=1S/C16H23N5O2/c1-11(8-22)12(2)19-16(23)20-13(3)14-4-6-15(7-5-14)21-10-17-9-18-21/h4-7,9-13,22H,8H2,1-3H3,(H2,19,20,23). The van der Waals surface area contributed by atoms with E-state index in [0.29, 0.717) is 0 Å². The van der Waals surface area contributed by atoms with E-state index < -0.39 is 0 Å². The molecule has 3 N–H and O–H groups in total.